The lowest BCUT2D eigenvalue weighted by molar-refractivity contribution is -0.151. The highest BCUT2D eigenvalue weighted by atomic mass is 32.1. The maximum Gasteiger partial charge on any atom is 0.411 e. The van der Waals surface area contributed by atoms with Crippen LogP contribution in [-0.4, -0.2) is 16.7 Å². The fourth-order valence-corrected chi connectivity index (χ4v) is 2.01. The zero-order chi connectivity index (χ0) is 10.4. The van der Waals surface area contributed by atoms with Gasteiger partial charge in [0, 0.05) is 5.38 Å². The molecule has 0 saturated heterocycles. The first-order chi connectivity index (χ1) is 6.43. The van der Waals surface area contributed by atoms with Crippen molar-refractivity contribution in [1.29, 1.82) is 0 Å². The van der Waals surface area contributed by atoms with Gasteiger partial charge in [0.05, 0.1) is 5.69 Å². The Morgan fingerprint density at radius 3 is 2.50 bits per heavy atom. The van der Waals surface area contributed by atoms with Crippen LogP contribution in [0.5, 0.6) is 0 Å². The van der Waals surface area contributed by atoms with Crippen molar-refractivity contribution in [3.05, 3.63) is 11.1 Å². The summed E-state index contributed by atoms with van der Waals surface area (Å²) in [7, 11) is 0. The Balaban J connectivity index is 2.12. The van der Waals surface area contributed by atoms with Crippen LogP contribution in [-0.2, 0) is 0 Å². The molecule has 14 heavy (non-hydrogen) atoms. The highest BCUT2D eigenvalue weighted by molar-refractivity contribution is 7.13. The van der Waals surface area contributed by atoms with Gasteiger partial charge in [-0.1, -0.05) is 0 Å². The molecule has 0 aliphatic heterocycles. The molecule has 1 aromatic rings. The Labute approximate surface area is 83.2 Å². The largest absolute Gasteiger partial charge is 0.411 e. The Morgan fingerprint density at radius 1 is 1.50 bits per heavy atom. The summed E-state index contributed by atoms with van der Waals surface area (Å²) in [6.45, 7) is 1.76. The third-order valence-electron chi connectivity index (χ3n) is 2.26. The van der Waals surface area contributed by atoms with E-state index in [4.69, 9.17) is 0 Å². The Kier molecular flexibility index (Phi) is 1.99. The van der Waals surface area contributed by atoms with Crippen LogP contribution in [0.1, 0.15) is 18.5 Å². The summed E-state index contributed by atoms with van der Waals surface area (Å²) in [4.78, 5) is 3.96. The van der Waals surface area contributed by atoms with Gasteiger partial charge in [-0.2, -0.15) is 13.2 Å². The molecule has 1 saturated carbocycles. The molecule has 1 heterocycles. The van der Waals surface area contributed by atoms with Crippen molar-refractivity contribution in [3.8, 4) is 0 Å². The van der Waals surface area contributed by atoms with Gasteiger partial charge in [-0.3, -0.25) is 0 Å². The average Bonchev–Trinajstić information content (AvgIpc) is 2.71. The average molecular weight is 222 g/mol. The summed E-state index contributed by atoms with van der Waals surface area (Å²) >= 11 is 1.21. The molecule has 1 fully saturated rings. The second-order valence-corrected chi connectivity index (χ2v) is 4.36. The van der Waals surface area contributed by atoms with Crippen molar-refractivity contribution in [1.82, 2.24) is 4.98 Å². The van der Waals surface area contributed by atoms with Crippen molar-refractivity contribution in [3.63, 3.8) is 0 Å². The van der Waals surface area contributed by atoms with Gasteiger partial charge in [0.2, 0.25) is 0 Å². The molecular formula is C8H9F3N2S. The normalized spacial score (nSPS) is 19.4. The third-order valence-corrected chi connectivity index (χ3v) is 3.13. The standard InChI is InChI=1S/C8H9F3N2S/c1-5-4-14-6(12-5)13-7(2-3-7)8(9,10)11/h4H,2-3H2,1H3,(H,12,13). The molecule has 2 nitrogen and oxygen atoms in total. The first kappa shape index (κ1) is 9.76. The van der Waals surface area contributed by atoms with E-state index in [1.165, 1.54) is 11.3 Å². The van der Waals surface area contributed by atoms with Crippen molar-refractivity contribution < 1.29 is 13.2 Å². The summed E-state index contributed by atoms with van der Waals surface area (Å²) in [5.74, 6) is 0. The summed E-state index contributed by atoms with van der Waals surface area (Å²) < 4.78 is 37.5. The van der Waals surface area contributed by atoms with E-state index in [-0.39, 0.29) is 12.8 Å². The number of alkyl halides is 3. The Morgan fingerprint density at radius 2 is 2.14 bits per heavy atom. The number of nitrogens with one attached hydrogen (secondary N) is 1. The van der Waals surface area contributed by atoms with E-state index in [2.05, 4.69) is 10.3 Å². The maximum absolute atomic E-state index is 12.5. The third kappa shape index (κ3) is 1.58. The van der Waals surface area contributed by atoms with Crippen LogP contribution < -0.4 is 5.32 Å². The first-order valence-corrected chi connectivity index (χ1v) is 5.08. The molecular weight excluding hydrogens is 213 g/mol. The van der Waals surface area contributed by atoms with Crippen LogP contribution in [0, 0.1) is 6.92 Å². The summed E-state index contributed by atoms with van der Waals surface area (Å²) in [5, 5.41) is 4.56. The lowest BCUT2D eigenvalue weighted by Gasteiger charge is -2.19. The molecule has 0 radical (unpaired) electrons. The predicted molar refractivity (Wildman–Crippen MR) is 48.5 cm³/mol. The van der Waals surface area contributed by atoms with Crippen molar-refractivity contribution in [2.75, 3.05) is 5.32 Å². The molecule has 1 aliphatic rings. The van der Waals surface area contributed by atoms with Crippen molar-refractivity contribution >= 4 is 16.5 Å². The predicted octanol–water partition coefficient (Wildman–Crippen LogP) is 2.96. The number of hydrogen-bond acceptors (Lipinski definition) is 3. The second-order valence-electron chi connectivity index (χ2n) is 3.50. The first-order valence-electron chi connectivity index (χ1n) is 4.20. The van der Waals surface area contributed by atoms with E-state index in [9.17, 15) is 13.2 Å². The van der Waals surface area contributed by atoms with Gasteiger partial charge in [0.15, 0.2) is 5.13 Å². The number of aromatic nitrogens is 1. The summed E-state index contributed by atoms with van der Waals surface area (Å²) in [6.07, 6.45) is -3.88. The van der Waals surface area contributed by atoms with Gasteiger partial charge >= 0.3 is 6.18 Å². The van der Waals surface area contributed by atoms with E-state index in [0.717, 1.165) is 5.69 Å². The van der Waals surface area contributed by atoms with E-state index in [1.807, 2.05) is 0 Å². The van der Waals surface area contributed by atoms with Crippen LogP contribution in [0.3, 0.4) is 0 Å². The Bertz CT molecular complexity index is 341. The van der Waals surface area contributed by atoms with Gasteiger partial charge < -0.3 is 5.32 Å². The topological polar surface area (TPSA) is 24.9 Å². The molecule has 6 heteroatoms. The zero-order valence-electron chi connectivity index (χ0n) is 7.48. The smallest absolute Gasteiger partial charge is 0.347 e. The molecule has 78 valence electrons. The number of aryl methyl sites for hydroxylation is 1. The molecule has 0 bridgehead atoms. The molecule has 0 amide bonds. The summed E-state index contributed by atoms with van der Waals surface area (Å²) in [5.41, 5.74) is -0.951. The SMILES string of the molecule is Cc1csc(NC2(C(F)(F)F)CC2)n1. The maximum atomic E-state index is 12.5. The minimum atomic E-state index is -4.17. The molecule has 1 aromatic heterocycles. The molecule has 1 N–H and O–H groups in total. The van der Waals surface area contributed by atoms with E-state index in [0.29, 0.717) is 5.13 Å². The monoisotopic (exact) mass is 222 g/mol. The van der Waals surface area contributed by atoms with Crippen LogP contribution in [0.2, 0.25) is 0 Å². The molecule has 2 rings (SSSR count). The molecule has 0 aromatic carbocycles. The van der Waals surface area contributed by atoms with Crippen LogP contribution in [0.4, 0.5) is 18.3 Å². The molecule has 0 unspecified atom stereocenters. The number of halogens is 3. The number of rotatable bonds is 2. The van der Waals surface area contributed by atoms with Gasteiger partial charge in [-0.25, -0.2) is 4.98 Å². The number of nitrogens with zero attached hydrogens (tertiary/aromatic N) is 1. The molecule has 0 atom stereocenters. The lowest BCUT2D eigenvalue weighted by atomic mass is 10.3. The van der Waals surface area contributed by atoms with Crippen molar-refractivity contribution in [2.24, 2.45) is 0 Å². The van der Waals surface area contributed by atoms with Crippen LogP contribution in [0.25, 0.3) is 0 Å². The van der Waals surface area contributed by atoms with Crippen LogP contribution in [0.15, 0.2) is 5.38 Å². The summed E-state index contributed by atoms with van der Waals surface area (Å²) in [6, 6.07) is 0. The van der Waals surface area contributed by atoms with Crippen LogP contribution >= 0.6 is 11.3 Å². The van der Waals surface area contributed by atoms with E-state index >= 15 is 0 Å². The van der Waals surface area contributed by atoms with Gasteiger partial charge in [-0.15, -0.1) is 11.3 Å². The van der Waals surface area contributed by atoms with Gasteiger partial charge in [-0.05, 0) is 19.8 Å². The fourth-order valence-electron chi connectivity index (χ4n) is 1.22. The second kappa shape index (κ2) is 2.85. The number of thiazole rings is 1. The zero-order valence-corrected chi connectivity index (χ0v) is 8.30. The number of hydrogen-bond donors (Lipinski definition) is 1. The highest BCUT2D eigenvalue weighted by Crippen LogP contribution is 2.51. The molecule has 0 spiro atoms. The van der Waals surface area contributed by atoms with Crippen molar-refractivity contribution in [2.45, 2.75) is 31.5 Å². The van der Waals surface area contributed by atoms with E-state index in [1.54, 1.807) is 12.3 Å². The Hall–Kier alpha value is -0.780. The van der Waals surface area contributed by atoms with Gasteiger partial charge in [0.25, 0.3) is 0 Å². The lowest BCUT2D eigenvalue weighted by Crippen LogP contribution is -2.38. The van der Waals surface area contributed by atoms with E-state index < -0.39 is 11.7 Å². The minimum Gasteiger partial charge on any atom is -0.347 e. The fraction of sp³-hybridized carbons (Fsp3) is 0.625. The quantitative estimate of drug-likeness (QED) is 0.832. The number of anilines is 1. The molecule has 1 aliphatic carbocycles. The minimum absolute atomic E-state index is 0.148. The van der Waals surface area contributed by atoms with Gasteiger partial charge in [0.1, 0.15) is 5.54 Å². The highest BCUT2D eigenvalue weighted by Gasteiger charge is 2.63.